The van der Waals surface area contributed by atoms with Gasteiger partial charge in [0.2, 0.25) is 5.91 Å². The van der Waals surface area contributed by atoms with Gasteiger partial charge in [0.15, 0.2) is 5.82 Å². The lowest BCUT2D eigenvalue weighted by molar-refractivity contribution is -0.117. The summed E-state index contributed by atoms with van der Waals surface area (Å²) in [7, 11) is 0. The molecule has 0 unspecified atom stereocenters. The third kappa shape index (κ3) is 3.89. The Morgan fingerprint density at radius 2 is 2.16 bits per heavy atom. The SMILES string of the molecule is Cc1noc(NC(=O)[C@@H](N)CCc2ccccc2)n1. The molecule has 1 amide bonds. The number of nitrogens with one attached hydrogen (secondary N) is 1. The number of aromatic nitrogens is 2. The standard InChI is InChI=1S/C13H16N4O2/c1-9-15-13(19-17-9)16-12(18)11(14)8-7-10-5-3-2-4-6-10/h2-6,11H,7-8,14H2,1H3,(H,15,16,17,18)/t11-/m0/s1. The van der Waals surface area contributed by atoms with Crippen molar-refractivity contribution in [3.63, 3.8) is 0 Å². The van der Waals surface area contributed by atoms with Gasteiger partial charge in [-0.25, -0.2) is 0 Å². The minimum Gasteiger partial charge on any atom is -0.320 e. The Hall–Kier alpha value is -2.21. The van der Waals surface area contributed by atoms with Gasteiger partial charge < -0.3 is 10.3 Å². The molecule has 0 saturated heterocycles. The lowest BCUT2D eigenvalue weighted by atomic mass is 10.1. The Bertz CT molecular complexity index is 539. The van der Waals surface area contributed by atoms with Gasteiger partial charge in [0.25, 0.3) is 0 Å². The maximum Gasteiger partial charge on any atom is 0.328 e. The van der Waals surface area contributed by atoms with E-state index in [9.17, 15) is 4.79 Å². The van der Waals surface area contributed by atoms with Crippen molar-refractivity contribution in [1.29, 1.82) is 0 Å². The van der Waals surface area contributed by atoms with E-state index in [1.165, 1.54) is 0 Å². The van der Waals surface area contributed by atoms with Crippen molar-refractivity contribution in [2.75, 3.05) is 5.32 Å². The summed E-state index contributed by atoms with van der Waals surface area (Å²) in [6.45, 7) is 1.68. The van der Waals surface area contributed by atoms with Gasteiger partial charge in [0, 0.05) is 0 Å². The van der Waals surface area contributed by atoms with E-state index < -0.39 is 6.04 Å². The van der Waals surface area contributed by atoms with Crippen molar-refractivity contribution in [3.8, 4) is 0 Å². The molecule has 0 radical (unpaired) electrons. The molecular weight excluding hydrogens is 244 g/mol. The molecule has 0 bridgehead atoms. The van der Waals surface area contributed by atoms with Gasteiger partial charge in [-0.2, -0.15) is 4.98 Å². The fourth-order valence-electron chi connectivity index (χ4n) is 1.64. The number of nitrogens with zero attached hydrogens (tertiary/aromatic N) is 2. The van der Waals surface area contributed by atoms with Crippen LogP contribution in [0.1, 0.15) is 17.8 Å². The minimum atomic E-state index is -0.604. The molecule has 6 nitrogen and oxygen atoms in total. The van der Waals surface area contributed by atoms with Crippen molar-refractivity contribution in [1.82, 2.24) is 10.1 Å². The van der Waals surface area contributed by atoms with Gasteiger partial charge in [-0.1, -0.05) is 35.5 Å². The summed E-state index contributed by atoms with van der Waals surface area (Å²) in [5, 5.41) is 6.08. The van der Waals surface area contributed by atoms with Gasteiger partial charge >= 0.3 is 6.01 Å². The number of carbonyl (C=O) groups excluding carboxylic acids is 1. The van der Waals surface area contributed by atoms with Gasteiger partial charge in [-0.3, -0.25) is 10.1 Å². The molecule has 6 heteroatoms. The monoisotopic (exact) mass is 260 g/mol. The van der Waals surface area contributed by atoms with Gasteiger partial charge in [-0.05, 0) is 25.3 Å². The minimum absolute atomic E-state index is 0.0812. The zero-order valence-electron chi connectivity index (χ0n) is 10.7. The molecule has 1 heterocycles. The second-order valence-corrected chi connectivity index (χ2v) is 4.27. The van der Waals surface area contributed by atoms with Crippen LogP contribution in [0.4, 0.5) is 6.01 Å². The van der Waals surface area contributed by atoms with Crippen molar-refractivity contribution >= 4 is 11.9 Å². The average molecular weight is 260 g/mol. The van der Waals surface area contributed by atoms with E-state index in [0.717, 1.165) is 12.0 Å². The van der Waals surface area contributed by atoms with E-state index in [-0.39, 0.29) is 11.9 Å². The number of hydrogen-bond donors (Lipinski definition) is 2. The normalized spacial score (nSPS) is 12.1. The lowest BCUT2D eigenvalue weighted by Gasteiger charge is -2.09. The van der Waals surface area contributed by atoms with Crippen LogP contribution in [0.5, 0.6) is 0 Å². The molecule has 100 valence electrons. The fourth-order valence-corrected chi connectivity index (χ4v) is 1.64. The highest BCUT2D eigenvalue weighted by Crippen LogP contribution is 2.07. The van der Waals surface area contributed by atoms with Crippen LogP contribution in [0.2, 0.25) is 0 Å². The summed E-state index contributed by atoms with van der Waals surface area (Å²) in [6, 6.07) is 9.36. The Kier molecular flexibility index (Phi) is 4.25. The number of hydrogen-bond acceptors (Lipinski definition) is 5. The molecule has 1 aromatic heterocycles. The van der Waals surface area contributed by atoms with Crippen molar-refractivity contribution in [2.24, 2.45) is 5.73 Å². The van der Waals surface area contributed by atoms with Gasteiger partial charge in [0.05, 0.1) is 6.04 Å². The van der Waals surface area contributed by atoms with E-state index in [0.29, 0.717) is 12.2 Å². The molecule has 3 N–H and O–H groups in total. The van der Waals surface area contributed by atoms with Crippen molar-refractivity contribution < 1.29 is 9.32 Å². The highest BCUT2D eigenvalue weighted by atomic mass is 16.5. The first-order valence-electron chi connectivity index (χ1n) is 6.06. The first kappa shape index (κ1) is 13.2. The smallest absolute Gasteiger partial charge is 0.320 e. The molecule has 0 fully saturated rings. The molecule has 1 atom stereocenters. The number of aryl methyl sites for hydroxylation is 2. The van der Waals surface area contributed by atoms with Crippen LogP contribution in [0.3, 0.4) is 0 Å². The molecule has 19 heavy (non-hydrogen) atoms. The van der Waals surface area contributed by atoms with Crippen LogP contribution in [-0.2, 0) is 11.2 Å². The van der Waals surface area contributed by atoms with Gasteiger partial charge in [-0.15, -0.1) is 0 Å². The summed E-state index contributed by atoms with van der Waals surface area (Å²) >= 11 is 0. The van der Waals surface area contributed by atoms with Crippen LogP contribution in [-0.4, -0.2) is 22.1 Å². The molecule has 2 aromatic rings. The third-order valence-electron chi connectivity index (χ3n) is 2.68. The molecule has 0 spiro atoms. The first-order valence-corrected chi connectivity index (χ1v) is 6.06. The second kappa shape index (κ2) is 6.10. The zero-order chi connectivity index (χ0) is 13.7. The van der Waals surface area contributed by atoms with Crippen LogP contribution in [0.15, 0.2) is 34.9 Å². The first-order chi connectivity index (χ1) is 9.15. The zero-order valence-corrected chi connectivity index (χ0v) is 10.7. The molecule has 0 aliphatic carbocycles. The van der Waals surface area contributed by atoms with Gasteiger partial charge in [0.1, 0.15) is 0 Å². The predicted molar refractivity (Wildman–Crippen MR) is 70.4 cm³/mol. The highest BCUT2D eigenvalue weighted by molar-refractivity contribution is 5.92. The maximum atomic E-state index is 11.8. The van der Waals surface area contributed by atoms with E-state index in [1.54, 1.807) is 6.92 Å². The Morgan fingerprint density at radius 1 is 1.42 bits per heavy atom. The molecule has 0 aliphatic rings. The maximum absolute atomic E-state index is 11.8. The van der Waals surface area contributed by atoms with E-state index in [4.69, 9.17) is 10.3 Å². The topological polar surface area (TPSA) is 94.0 Å². The lowest BCUT2D eigenvalue weighted by Crippen LogP contribution is -2.36. The Morgan fingerprint density at radius 3 is 2.79 bits per heavy atom. The predicted octanol–water partition coefficient (Wildman–Crippen LogP) is 1.28. The molecule has 0 saturated carbocycles. The van der Waals surface area contributed by atoms with Crippen LogP contribution < -0.4 is 11.1 Å². The molecule has 2 rings (SSSR count). The molecule has 1 aromatic carbocycles. The number of rotatable bonds is 5. The van der Waals surface area contributed by atoms with Crippen LogP contribution in [0.25, 0.3) is 0 Å². The number of amides is 1. The summed E-state index contributed by atoms with van der Waals surface area (Å²) in [4.78, 5) is 15.7. The van der Waals surface area contributed by atoms with E-state index >= 15 is 0 Å². The van der Waals surface area contributed by atoms with E-state index in [2.05, 4.69) is 15.5 Å². The second-order valence-electron chi connectivity index (χ2n) is 4.27. The average Bonchev–Trinajstić information content (AvgIpc) is 2.82. The molecule has 0 aliphatic heterocycles. The van der Waals surface area contributed by atoms with Crippen LogP contribution >= 0.6 is 0 Å². The summed E-state index contributed by atoms with van der Waals surface area (Å²) in [5.74, 6) is 0.146. The summed E-state index contributed by atoms with van der Waals surface area (Å²) in [5.41, 5.74) is 6.97. The highest BCUT2D eigenvalue weighted by Gasteiger charge is 2.16. The quantitative estimate of drug-likeness (QED) is 0.844. The summed E-state index contributed by atoms with van der Waals surface area (Å²) < 4.78 is 4.80. The van der Waals surface area contributed by atoms with Crippen LogP contribution in [0, 0.1) is 6.92 Å². The largest absolute Gasteiger partial charge is 0.328 e. The van der Waals surface area contributed by atoms with Crippen molar-refractivity contribution in [3.05, 3.63) is 41.7 Å². The fraction of sp³-hybridized carbons (Fsp3) is 0.308. The number of benzene rings is 1. The Labute approximate surface area is 111 Å². The third-order valence-corrected chi connectivity index (χ3v) is 2.68. The number of carbonyl (C=O) groups is 1. The molecular formula is C13H16N4O2. The number of nitrogens with two attached hydrogens (primary N) is 1. The number of anilines is 1. The van der Waals surface area contributed by atoms with E-state index in [1.807, 2.05) is 30.3 Å². The Balaban J connectivity index is 1.82. The summed E-state index contributed by atoms with van der Waals surface area (Å²) in [6.07, 6.45) is 1.31. The van der Waals surface area contributed by atoms with Crippen molar-refractivity contribution in [2.45, 2.75) is 25.8 Å².